The van der Waals surface area contributed by atoms with E-state index in [1.807, 2.05) is 13.1 Å². The smallest absolute Gasteiger partial charge is 0.119 e. The zero-order valence-electron chi connectivity index (χ0n) is 13.8. The van der Waals surface area contributed by atoms with Gasteiger partial charge in [0.05, 0.1) is 7.11 Å². The van der Waals surface area contributed by atoms with Gasteiger partial charge in [-0.05, 0) is 58.2 Å². The summed E-state index contributed by atoms with van der Waals surface area (Å²) in [5.74, 6) is 0.930. The van der Waals surface area contributed by atoms with Gasteiger partial charge >= 0.3 is 0 Å². The van der Waals surface area contributed by atoms with Crippen LogP contribution in [0, 0.1) is 0 Å². The number of nitrogens with zero attached hydrogens (tertiary/aromatic N) is 2. The predicted molar refractivity (Wildman–Crippen MR) is 87.9 cm³/mol. The van der Waals surface area contributed by atoms with Crippen molar-refractivity contribution in [2.75, 3.05) is 47.9 Å². The molecule has 1 aliphatic rings. The molecule has 0 saturated carbocycles. The summed E-state index contributed by atoms with van der Waals surface area (Å²) in [6.45, 7) is 3.41. The zero-order chi connectivity index (χ0) is 15.2. The molecule has 1 heterocycles. The minimum absolute atomic E-state index is 0.350. The largest absolute Gasteiger partial charge is 0.497 e. The van der Waals surface area contributed by atoms with Gasteiger partial charge in [-0.3, -0.25) is 4.90 Å². The molecule has 4 nitrogen and oxygen atoms in total. The zero-order valence-corrected chi connectivity index (χ0v) is 13.8. The van der Waals surface area contributed by atoms with Crippen LogP contribution in [0.15, 0.2) is 24.3 Å². The number of ether oxygens (including phenoxy) is 1. The van der Waals surface area contributed by atoms with Crippen LogP contribution in [0.25, 0.3) is 0 Å². The van der Waals surface area contributed by atoms with E-state index in [-0.39, 0.29) is 0 Å². The highest BCUT2D eigenvalue weighted by Gasteiger charge is 2.27. The Morgan fingerprint density at radius 3 is 2.90 bits per heavy atom. The van der Waals surface area contributed by atoms with Gasteiger partial charge in [-0.2, -0.15) is 0 Å². The molecule has 0 spiro atoms. The van der Waals surface area contributed by atoms with Gasteiger partial charge in [0, 0.05) is 25.2 Å². The van der Waals surface area contributed by atoms with Crippen molar-refractivity contribution in [3.05, 3.63) is 29.8 Å². The van der Waals surface area contributed by atoms with Gasteiger partial charge in [0.15, 0.2) is 0 Å². The lowest BCUT2D eigenvalue weighted by Crippen LogP contribution is -2.41. The van der Waals surface area contributed by atoms with Crippen LogP contribution in [-0.4, -0.2) is 63.7 Å². The third-order valence-corrected chi connectivity index (χ3v) is 4.34. The third kappa shape index (κ3) is 4.43. The van der Waals surface area contributed by atoms with Crippen LogP contribution in [0.2, 0.25) is 0 Å². The third-order valence-electron chi connectivity index (χ3n) is 4.34. The van der Waals surface area contributed by atoms with Gasteiger partial charge in [-0.15, -0.1) is 0 Å². The normalized spacial score (nSPS) is 20.9. The van der Waals surface area contributed by atoms with Gasteiger partial charge < -0.3 is 15.0 Å². The molecule has 1 fully saturated rings. The average molecular weight is 291 g/mol. The molecule has 0 radical (unpaired) electrons. The molecular formula is C17H29N3O. The van der Waals surface area contributed by atoms with Crippen molar-refractivity contribution >= 4 is 0 Å². The van der Waals surface area contributed by atoms with Gasteiger partial charge in [-0.1, -0.05) is 12.1 Å². The molecule has 118 valence electrons. The first kappa shape index (κ1) is 16.3. The van der Waals surface area contributed by atoms with Gasteiger partial charge in [0.25, 0.3) is 0 Å². The summed E-state index contributed by atoms with van der Waals surface area (Å²) in [6.07, 6.45) is 2.62. The number of methoxy groups -OCH3 is 1. The predicted octanol–water partition coefficient (Wildman–Crippen LogP) is 1.98. The van der Waals surface area contributed by atoms with Gasteiger partial charge in [0.1, 0.15) is 5.75 Å². The molecule has 4 heteroatoms. The summed E-state index contributed by atoms with van der Waals surface area (Å²) < 4.78 is 5.35. The molecular weight excluding hydrogens is 262 g/mol. The highest BCUT2D eigenvalue weighted by Crippen LogP contribution is 2.24. The molecule has 1 aliphatic heterocycles. The van der Waals surface area contributed by atoms with Crippen molar-refractivity contribution in [2.24, 2.45) is 0 Å². The summed E-state index contributed by atoms with van der Waals surface area (Å²) in [7, 11) is 8.09. The molecule has 2 atom stereocenters. The maximum absolute atomic E-state index is 5.35. The molecule has 0 aromatic heterocycles. The van der Waals surface area contributed by atoms with Crippen LogP contribution in [0.4, 0.5) is 0 Å². The van der Waals surface area contributed by atoms with Crippen LogP contribution in [0.5, 0.6) is 5.75 Å². The number of hydrogen-bond acceptors (Lipinski definition) is 4. The molecule has 21 heavy (non-hydrogen) atoms. The average Bonchev–Trinajstić information content (AvgIpc) is 2.91. The molecule has 1 saturated heterocycles. The first-order valence-corrected chi connectivity index (χ1v) is 7.84. The van der Waals surface area contributed by atoms with Crippen molar-refractivity contribution in [3.8, 4) is 5.75 Å². The minimum Gasteiger partial charge on any atom is -0.497 e. The first-order chi connectivity index (χ1) is 10.1. The van der Waals surface area contributed by atoms with E-state index < -0.39 is 0 Å². The highest BCUT2D eigenvalue weighted by molar-refractivity contribution is 5.30. The number of hydrogen-bond donors (Lipinski definition) is 1. The molecule has 0 amide bonds. The van der Waals surface area contributed by atoms with Crippen molar-refractivity contribution < 1.29 is 4.74 Å². The lowest BCUT2D eigenvalue weighted by Gasteiger charge is -2.30. The lowest BCUT2D eigenvalue weighted by atomic mass is 10.1. The number of nitrogens with one attached hydrogen (secondary N) is 1. The fourth-order valence-corrected chi connectivity index (χ4v) is 3.22. The van der Waals surface area contributed by atoms with Gasteiger partial charge in [0.2, 0.25) is 0 Å². The van der Waals surface area contributed by atoms with Crippen molar-refractivity contribution in [1.29, 1.82) is 0 Å². The Hall–Kier alpha value is -1.10. The quantitative estimate of drug-likeness (QED) is 0.831. The second kappa shape index (κ2) is 7.78. The summed E-state index contributed by atoms with van der Waals surface area (Å²) in [5, 5.41) is 3.46. The van der Waals surface area contributed by atoms with E-state index in [0.717, 1.165) is 18.8 Å². The highest BCUT2D eigenvalue weighted by atomic mass is 16.5. The Kier molecular flexibility index (Phi) is 6.03. The van der Waals surface area contributed by atoms with Crippen LogP contribution < -0.4 is 10.1 Å². The number of likely N-dealkylation sites (N-methyl/N-ethyl adjacent to an activating group) is 2. The Morgan fingerprint density at radius 1 is 1.43 bits per heavy atom. The summed E-state index contributed by atoms with van der Waals surface area (Å²) in [6, 6.07) is 9.42. The maximum Gasteiger partial charge on any atom is 0.119 e. The summed E-state index contributed by atoms with van der Waals surface area (Å²) >= 11 is 0. The SMILES string of the molecule is CNC(CN1CCCC1CN(C)C)c1cccc(OC)c1. The van der Waals surface area contributed by atoms with E-state index in [1.165, 1.54) is 24.9 Å². The number of benzene rings is 1. The van der Waals surface area contributed by atoms with Crippen LogP contribution >= 0.6 is 0 Å². The Bertz CT molecular complexity index is 436. The van der Waals surface area contributed by atoms with Crippen LogP contribution in [0.1, 0.15) is 24.4 Å². The summed E-state index contributed by atoms with van der Waals surface area (Å²) in [5.41, 5.74) is 1.30. The standard InChI is InChI=1S/C17H29N3O/c1-18-17(14-7-5-9-16(11-14)21-4)13-20-10-6-8-15(20)12-19(2)3/h5,7,9,11,15,17-18H,6,8,10,12-13H2,1-4H3. The van der Waals surface area contributed by atoms with E-state index in [1.54, 1.807) is 7.11 Å². The second-order valence-corrected chi connectivity index (χ2v) is 6.17. The molecule has 1 aromatic rings. The molecule has 1 N–H and O–H groups in total. The Balaban J connectivity index is 2.04. The van der Waals surface area contributed by atoms with E-state index in [9.17, 15) is 0 Å². The topological polar surface area (TPSA) is 27.7 Å². The van der Waals surface area contributed by atoms with E-state index in [4.69, 9.17) is 4.74 Å². The monoisotopic (exact) mass is 291 g/mol. The van der Waals surface area contributed by atoms with E-state index >= 15 is 0 Å². The lowest BCUT2D eigenvalue weighted by molar-refractivity contribution is 0.191. The Morgan fingerprint density at radius 2 is 2.24 bits per heavy atom. The molecule has 1 aromatic carbocycles. The van der Waals surface area contributed by atoms with Crippen molar-refractivity contribution in [2.45, 2.75) is 24.9 Å². The second-order valence-electron chi connectivity index (χ2n) is 6.17. The van der Waals surface area contributed by atoms with Crippen LogP contribution in [-0.2, 0) is 0 Å². The summed E-state index contributed by atoms with van der Waals surface area (Å²) in [4.78, 5) is 4.92. The number of rotatable bonds is 7. The van der Waals surface area contributed by atoms with Gasteiger partial charge in [-0.25, -0.2) is 0 Å². The Labute approximate surface area is 129 Å². The van der Waals surface area contributed by atoms with E-state index in [0.29, 0.717) is 12.1 Å². The molecule has 0 bridgehead atoms. The molecule has 2 rings (SSSR count). The van der Waals surface area contributed by atoms with Crippen molar-refractivity contribution in [3.63, 3.8) is 0 Å². The molecule has 2 unspecified atom stereocenters. The maximum atomic E-state index is 5.35. The number of likely N-dealkylation sites (tertiary alicyclic amines) is 1. The van der Waals surface area contributed by atoms with Crippen LogP contribution in [0.3, 0.4) is 0 Å². The fourth-order valence-electron chi connectivity index (χ4n) is 3.22. The minimum atomic E-state index is 0.350. The molecule has 0 aliphatic carbocycles. The van der Waals surface area contributed by atoms with Crippen molar-refractivity contribution in [1.82, 2.24) is 15.1 Å². The first-order valence-electron chi connectivity index (χ1n) is 7.84. The fraction of sp³-hybridized carbons (Fsp3) is 0.647. The van der Waals surface area contributed by atoms with E-state index in [2.05, 4.69) is 47.4 Å².